The summed E-state index contributed by atoms with van der Waals surface area (Å²) in [5, 5.41) is 2.32. The summed E-state index contributed by atoms with van der Waals surface area (Å²) in [5.41, 5.74) is 5.31. The molecule has 4 rings (SSSR count). The Morgan fingerprint density at radius 2 is 1.87 bits per heavy atom. The van der Waals surface area contributed by atoms with Crippen LogP contribution in [-0.2, 0) is 14.0 Å². The van der Waals surface area contributed by atoms with Crippen LogP contribution in [0.1, 0.15) is 47.0 Å². The number of rotatable bonds is 3. The zero-order valence-electron chi connectivity index (χ0n) is 14.6. The van der Waals surface area contributed by atoms with Crippen LogP contribution in [0.2, 0.25) is 0 Å². The van der Waals surface area contributed by atoms with Crippen LogP contribution >= 0.6 is 0 Å². The third-order valence-corrected chi connectivity index (χ3v) is 5.73. The molecule has 126 valence electrons. The molecular weight excluding hydrogens is 291 g/mol. The molecule has 3 heterocycles. The maximum atomic E-state index is 6.19. The van der Waals surface area contributed by atoms with Gasteiger partial charge >= 0.3 is 7.12 Å². The van der Waals surface area contributed by atoms with Gasteiger partial charge in [0.25, 0.3) is 0 Å². The maximum Gasteiger partial charge on any atom is 0.490 e. The molecule has 3 aliphatic heterocycles. The second-order valence-corrected chi connectivity index (χ2v) is 8.08. The van der Waals surface area contributed by atoms with E-state index in [0.717, 1.165) is 19.6 Å². The summed E-state index contributed by atoms with van der Waals surface area (Å²) >= 11 is 0. The summed E-state index contributed by atoms with van der Waals surface area (Å²) in [6, 6.07) is 0.707. The van der Waals surface area contributed by atoms with Crippen LogP contribution in [0.4, 0.5) is 0 Å². The summed E-state index contributed by atoms with van der Waals surface area (Å²) in [6.07, 6.45) is 7.82. The molecule has 0 spiro atoms. The van der Waals surface area contributed by atoms with Crippen LogP contribution in [-0.4, -0.2) is 48.6 Å². The van der Waals surface area contributed by atoms with Crippen molar-refractivity contribution in [1.82, 2.24) is 10.4 Å². The monoisotopic (exact) mass is 318 g/mol. The van der Waals surface area contributed by atoms with Crippen molar-refractivity contribution in [3.8, 4) is 0 Å². The molecular formula is C17H27BN2O3. The first kappa shape index (κ1) is 15.7. The number of hydrogen-bond donors (Lipinski definition) is 1. The van der Waals surface area contributed by atoms with E-state index in [1.54, 1.807) is 0 Å². The number of ether oxygens (including phenoxy) is 1. The number of nitrogens with one attached hydrogen (secondary N) is 1. The highest BCUT2D eigenvalue weighted by molar-refractivity contribution is 6.54. The van der Waals surface area contributed by atoms with E-state index in [9.17, 15) is 0 Å². The largest absolute Gasteiger partial charge is 0.490 e. The van der Waals surface area contributed by atoms with Crippen molar-refractivity contribution >= 4 is 7.12 Å². The Labute approximate surface area is 139 Å². The lowest BCUT2D eigenvalue weighted by atomic mass is 9.74. The molecule has 1 aliphatic carbocycles. The zero-order chi connectivity index (χ0) is 16.2. The van der Waals surface area contributed by atoms with Crippen LogP contribution in [0.15, 0.2) is 23.3 Å². The van der Waals surface area contributed by atoms with Crippen LogP contribution in [0, 0.1) is 0 Å². The van der Waals surface area contributed by atoms with Crippen molar-refractivity contribution in [3.05, 3.63) is 23.3 Å². The lowest BCUT2D eigenvalue weighted by molar-refractivity contribution is 0.00578. The summed E-state index contributed by atoms with van der Waals surface area (Å²) < 4.78 is 18.4. The van der Waals surface area contributed by atoms with Gasteiger partial charge in [0.15, 0.2) is 0 Å². The predicted octanol–water partition coefficient (Wildman–Crippen LogP) is 2.20. The Kier molecular flexibility index (Phi) is 3.65. The molecule has 4 aliphatic rings. The third-order valence-electron chi connectivity index (χ3n) is 5.73. The second-order valence-electron chi connectivity index (χ2n) is 8.08. The quantitative estimate of drug-likeness (QED) is 0.808. The molecule has 0 bridgehead atoms. The average Bonchev–Trinajstić information content (AvgIpc) is 3.18. The highest BCUT2D eigenvalue weighted by atomic mass is 16.7. The van der Waals surface area contributed by atoms with Crippen LogP contribution < -0.4 is 5.43 Å². The van der Waals surface area contributed by atoms with E-state index in [2.05, 4.69) is 50.4 Å². The van der Waals surface area contributed by atoms with Crippen molar-refractivity contribution in [3.63, 3.8) is 0 Å². The zero-order valence-corrected chi connectivity index (χ0v) is 14.6. The molecule has 23 heavy (non-hydrogen) atoms. The first-order valence-electron chi connectivity index (χ1n) is 8.75. The van der Waals surface area contributed by atoms with Crippen molar-refractivity contribution in [2.24, 2.45) is 0 Å². The smallest absolute Gasteiger partial charge is 0.400 e. The number of hydrogen-bond acceptors (Lipinski definition) is 5. The standard InChI is InChI=1S/C17H27BN2O3/c1-16(2)17(3,4)23-18(22-16)13-7-8-21-15(9-13)12-10-19-20(11-12)14-5-6-14/h9-10,14-15,19H,5-8,11H2,1-4H3. The average molecular weight is 318 g/mol. The minimum atomic E-state index is -0.288. The minimum Gasteiger partial charge on any atom is -0.400 e. The van der Waals surface area contributed by atoms with E-state index in [-0.39, 0.29) is 24.4 Å². The van der Waals surface area contributed by atoms with Gasteiger partial charge in [-0.1, -0.05) is 6.08 Å². The minimum absolute atomic E-state index is 0.0361. The Bertz CT molecular complexity index is 538. The molecule has 1 saturated heterocycles. The van der Waals surface area contributed by atoms with Crippen LogP contribution in [0.5, 0.6) is 0 Å². The van der Waals surface area contributed by atoms with Gasteiger partial charge in [-0.25, -0.2) is 5.01 Å². The molecule has 1 atom stereocenters. The number of hydrazine groups is 1. The van der Waals surface area contributed by atoms with Gasteiger partial charge in [-0.05, 0) is 58.0 Å². The molecule has 0 amide bonds. The van der Waals surface area contributed by atoms with E-state index in [1.807, 2.05) is 0 Å². The summed E-state index contributed by atoms with van der Waals surface area (Å²) in [6.45, 7) is 10.1. The summed E-state index contributed by atoms with van der Waals surface area (Å²) in [5.74, 6) is 0. The molecule has 0 radical (unpaired) electrons. The predicted molar refractivity (Wildman–Crippen MR) is 89.5 cm³/mol. The number of nitrogens with zero attached hydrogens (tertiary/aromatic N) is 1. The normalized spacial score (nSPS) is 33.4. The van der Waals surface area contributed by atoms with Crippen molar-refractivity contribution in [1.29, 1.82) is 0 Å². The molecule has 2 fully saturated rings. The molecule has 1 unspecified atom stereocenters. The summed E-state index contributed by atoms with van der Waals surface area (Å²) in [7, 11) is -0.249. The van der Waals surface area contributed by atoms with E-state index < -0.39 is 0 Å². The third kappa shape index (κ3) is 2.86. The van der Waals surface area contributed by atoms with Crippen LogP contribution in [0.25, 0.3) is 0 Å². The molecule has 0 aromatic carbocycles. The van der Waals surface area contributed by atoms with E-state index >= 15 is 0 Å². The highest BCUT2D eigenvalue weighted by Crippen LogP contribution is 2.40. The van der Waals surface area contributed by atoms with E-state index in [4.69, 9.17) is 14.0 Å². The Balaban J connectivity index is 1.46. The van der Waals surface area contributed by atoms with Gasteiger partial charge in [0, 0.05) is 18.8 Å². The van der Waals surface area contributed by atoms with Gasteiger partial charge < -0.3 is 19.5 Å². The molecule has 0 aromatic rings. The van der Waals surface area contributed by atoms with Crippen molar-refractivity contribution < 1.29 is 14.0 Å². The lowest BCUT2D eigenvalue weighted by Gasteiger charge is -2.32. The Morgan fingerprint density at radius 3 is 2.52 bits per heavy atom. The van der Waals surface area contributed by atoms with Crippen molar-refractivity contribution in [2.45, 2.75) is 70.3 Å². The fourth-order valence-corrected chi connectivity index (χ4v) is 3.28. The van der Waals surface area contributed by atoms with Gasteiger partial charge in [-0.3, -0.25) is 0 Å². The fraction of sp³-hybridized carbons (Fsp3) is 0.765. The molecule has 1 saturated carbocycles. The van der Waals surface area contributed by atoms with E-state index in [0.29, 0.717) is 6.04 Å². The van der Waals surface area contributed by atoms with Crippen molar-refractivity contribution in [2.75, 3.05) is 13.2 Å². The molecule has 5 nitrogen and oxygen atoms in total. The fourth-order valence-electron chi connectivity index (χ4n) is 3.28. The maximum absolute atomic E-state index is 6.19. The second kappa shape index (κ2) is 5.35. The first-order chi connectivity index (χ1) is 10.9. The van der Waals surface area contributed by atoms with Gasteiger partial charge in [0.2, 0.25) is 0 Å². The first-order valence-corrected chi connectivity index (χ1v) is 8.75. The van der Waals surface area contributed by atoms with Gasteiger partial charge in [0.1, 0.15) is 0 Å². The van der Waals surface area contributed by atoms with E-state index in [1.165, 1.54) is 23.9 Å². The molecule has 1 N–H and O–H groups in total. The highest BCUT2D eigenvalue weighted by Gasteiger charge is 2.52. The summed E-state index contributed by atoms with van der Waals surface area (Å²) in [4.78, 5) is 0. The SMILES string of the molecule is CC1(C)OB(C2=CC(C3=CNN(C4CC4)C3)OCC2)OC1(C)C. The van der Waals surface area contributed by atoms with Gasteiger partial charge in [-0.2, -0.15) is 0 Å². The van der Waals surface area contributed by atoms with Crippen LogP contribution in [0.3, 0.4) is 0 Å². The Morgan fingerprint density at radius 1 is 1.17 bits per heavy atom. The topological polar surface area (TPSA) is 43.0 Å². The van der Waals surface area contributed by atoms with Gasteiger partial charge in [-0.15, -0.1) is 0 Å². The van der Waals surface area contributed by atoms with Gasteiger partial charge in [0.05, 0.1) is 23.9 Å². The Hall–Kier alpha value is -0.815. The molecule has 6 heteroatoms. The lowest BCUT2D eigenvalue weighted by Crippen LogP contribution is -2.41. The molecule has 0 aromatic heterocycles.